The highest BCUT2D eigenvalue weighted by Crippen LogP contribution is 2.62. The van der Waals surface area contributed by atoms with Gasteiger partial charge < -0.3 is 10.1 Å². The lowest BCUT2D eigenvalue weighted by atomic mass is 9.43. The first kappa shape index (κ1) is 69.4. The number of aliphatic hydroxyl groups is 1. The van der Waals surface area contributed by atoms with Gasteiger partial charge in [0.25, 0.3) is 40.1 Å². The lowest BCUT2D eigenvalue weighted by Crippen LogP contribution is -2.56. The molecule has 6 aromatic rings. The van der Waals surface area contributed by atoms with Crippen molar-refractivity contribution in [3.8, 4) is 0 Å². The van der Waals surface area contributed by atoms with Gasteiger partial charge in [0.15, 0.2) is 20.2 Å². The smallest absolute Gasteiger partial charge is 0.258 e. The SMILES string of the molecule is CC1CC(CNS(=O)(=O)C2=NCc3ncccc32)CC(C)(C)C1.CCCC(O)C(C)(C)NS(=O)(=O)C1=NCc2ncccc21.C[C@H]1[C@H](CNS(=O)(=O)C2=NCc3ncccc32)C[C@@H]2C[C@H]1C2(C)C.Cc1cc2nc(CNS(=O)(=O)C3=NCc4ncccc43)[nH]c2cc1C. The Balaban J connectivity index is 0.000000136. The van der Waals surface area contributed by atoms with Crippen molar-refractivity contribution in [2.45, 2.75) is 165 Å². The summed E-state index contributed by atoms with van der Waals surface area (Å²) in [4.78, 5) is 40.9. The number of aliphatic imine (C=N–C) groups is 4. The third kappa shape index (κ3) is 15.5. The summed E-state index contributed by atoms with van der Waals surface area (Å²) in [7, 11) is -14.7. The quantitative estimate of drug-likeness (QED) is 0.0596. The molecular weight excluding hydrogens is 1260 g/mol. The minimum atomic E-state index is -3.79. The molecule has 7 atom stereocenters. The fraction of sp³-hybridized carbons (Fsp3) is 0.530. The van der Waals surface area contributed by atoms with Gasteiger partial charge in [0.1, 0.15) is 5.82 Å². The molecule has 4 aliphatic carbocycles. The number of benzene rings is 1. The minimum absolute atomic E-state index is 0.00220. The molecule has 6 N–H and O–H groups in total. The Hall–Kier alpha value is -6.43. The molecule has 8 aliphatic rings. The predicted molar refractivity (Wildman–Crippen MR) is 363 cm³/mol. The van der Waals surface area contributed by atoms with E-state index < -0.39 is 51.7 Å². The first-order valence-corrected chi connectivity index (χ1v) is 37.8. The van der Waals surface area contributed by atoms with Crippen LogP contribution >= 0.6 is 0 Å². The van der Waals surface area contributed by atoms with E-state index in [9.17, 15) is 38.8 Å². The molecule has 1 aromatic carbocycles. The van der Waals surface area contributed by atoms with Crippen LogP contribution < -0.4 is 18.9 Å². The zero-order valence-electron chi connectivity index (χ0n) is 54.9. The fourth-order valence-corrected chi connectivity index (χ4v) is 19.8. The Labute approximate surface area is 547 Å². The van der Waals surface area contributed by atoms with Gasteiger partial charge in [-0.05, 0) is 184 Å². The fourth-order valence-electron chi connectivity index (χ4n) is 14.4. The van der Waals surface area contributed by atoms with Crippen LogP contribution in [0.1, 0.15) is 169 Å². The van der Waals surface area contributed by atoms with E-state index >= 15 is 0 Å². The molecule has 27 heteroatoms. The number of imidazole rings is 1. The normalized spacial score (nSPS) is 22.7. The second-order valence-electron chi connectivity index (χ2n) is 27.8. The van der Waals surface area contributed by atoms with Crippen molar-refractivity contribution in [2.24, 2.45) is 66.3 Å². The van der Waals surface area contributed by atoms with Crippen molar-refractivity contribution in [3.05, 3.63) is 147 Å². The summed E-state index contributed by atoms with van der Waals surface area (Å²) in [5, 5.41) is 10.4. The summed E-state index contributed by atoms with van der Waals surface area (Å²) in [5.74, 6) is 4.04. The number of hydrogen-bond donors (Lipinski definition) is 6. The van der Waals surface area contributed by atoms with Crippen LogP contribution in [-0.4, -0.2) is 114 Å². The molecule has 3 unspecified atom stereocenters. The molecule has 9 heterocycles. The lowest BCUT2D eigenvalue weighted by molar-refractivity contribution is -0.126. The summed E-state index contributed by atoms with van der Waals surface area (Å²) in [6.45, 7) is 25.5. The standard InChI is InChI=1S/C18H25N3O2S.C17H17N5O2S.C17H25N3O2S.C14H21N3O3S/c1-11-12(7-13-8-15(11)18(13,2)3)9-21-24(22,23)17-14-5-4-6-19-16(14)10-20-17;1-10-6-13-14(7-11(10)2)22-16(21-13)9-20-25(23,24)17-12-4-3-5-18-15(12)8-19-17;1-12-7-13(9-17(2,3)8-12)10-20-23(21,22)16-14-5-4-6-18-15(14)11-19-16;1-4-6-12(18)14(2,3)17-21(19,20)13-10-7-5-8-15-11(10)9-16-13/h4-6,11-13,15,21H,7-10H2,1-3H3;3-7,20H,8-9H2,1-2H3,(H,21,22);4-6,12-13,20H,7-11H2,1-3H3;5,7-8,12,17-18H,4,6,9H2,1-3H3/t11-,12-,13+,15+;;;/m0.../s1. The Morgan fingerprint density at radius 3 is 1.52 bits per heavy atom. The number of hydrogen-bond acceptors (Lipinski definition) is 18. The van der Waals surface area contributed by atoms with E-state index in [-0.39, 0.29) is 45.2 Å². The van der Waals surface area contributed by atoms with E-state index in [2.05, 4.69) is 110 Å². The highest BCUT2D eigenvalue weighted by atomic mass is 32.2. The maximum Gasteiger partial charge on any atom is 0.258 e. The second-order valence-corrected chi connectivity index (χ2v) is 34.4. The van der Waals surface area contributed by atoms with E-state index in [1.54, 1.807) is 87.2 Å². The van der Waals surface area contributed by atoms with Crippen LogP contribution in [-0.2, 0) is 72.8 Å². The van der Waals surface area contributed by atoms with Crippen molar-refractivity contribution in [2.75, 3.05) is 13.1 Å². The lowest BCUT2D eigenvalue weighted by Gasteiger charge is -2.62. The number of sulfonamides is 4. The average Bonchev–Trinajstić information content (AvgIpc) is 1.71. The van der Waals surface area contributed by atoms with E-state index in [0.717, 1.165) is 71.1 Å². The Kier molecular flexibility index (Phi) is 20.4. The first-order chi connectivity index (χ1) is 43.8. The van der Waals surface area contributed by atoms with Gasteiger partial charge in [0.2, 0.25) is 0 Å². The van der Waals surface area contributed by atoms with Crippen LogP contribution in [0.25, 0.3) is 11.0 Å². The number of aromatic nitrogens is 6. The molecule has 5 aromatic heterocycles. The van der Waals surface area contributed by atoms with Crippen LogP contribution in [0.5, 0.6) is 0 Å². The number of aliphatic hydroxyl groups excluding tert-OH is 1. The second kappa shape index (κ2) is 27.4. The number of pyridine rings is 4. The summed E-state index contributed by atoms with van der Waals surface area (Å²) >= 11 is 0. The van der Waals surface area contributed by atoms with Crippen LogP contribution in [0, 0.1) is 60.2 Å². The van der Waals surface area contributed by atoms with Gasteiger partial charge in [-0.3, -0.25) is 39.9 Å². The van der Waals surface area contributed by atoms with E-state index in [1.165, 1.54) is 12.8 Å². The minimum Gasteiger partial charge on any atom is -0.391 e. The Morgan fingerprint density at radius 1 is 0.613 bits per heavy atom. The Bertz CT molecular complexity index is 4360. The van der Waals surface area contributed by atoms with Gasteiger partial charge in [0.05, 0.1) is 78.2 Å². The maximum atomic E-state index is 12.7. The van der Waals surface area contributed by atoms with Crippen LogP contribution in [0.3, 0.4) is 0 Å². The molecule has 4 aliphatic heterocycles. The van der Waals surface area contributed by atoms with Crippen LogP contribution in [0.4, 0.5) is 0 Å². The summed E-state index contributed by atoms with van der Waals surface area (Å²) in [6, 6.07) is 17.9. The Morgan fingerprint density at radius 2 is 1.06 bits per heavy atom. The molecule has 2 bridgehead atoms. The number of aromatic amines is 1. The van der Waals surface area contributed by atoms with Crippen LogP contribution in [0.15, 0.2) is 105 Å². The maximum absolute atomic E-state index is 12.7. The number of nitrogens with zero attached hydrogens (tertiary/aromatic N) is 9. The van der Waals surface area contributed by atoms with Gasteiger partial charge in [-0.15, -0.1) is 0 Å². The third-order valence-electron chi connectivity index (χ3n) is 19.4. The summed E-state index contributed by atoms with van der Waals surface area (Å²) in [6.07, 6.45) is 12.9. The molecule has 0 radical (unpaired) electrons. The van der Waals surface area contributed by atoms with Gasteiger partial charge >= 0.3 is 0 Å². The zero-order chi connectivity index (χ0) is 67.1. The largest absolute Gasteiger partial charge is 0.391 e. The molecule has 500 valence electrons. The highest BCUT2D eigenvalue weighted by molar-refractivity contribution is 8.06. The van der Waals surface area contributed by atoms with Crippen molar-refractivity contribution < 1.29 is 38.8 Å². The van der Waals surface area contributed by atoms with E-state index in [4.69, 9.17) is 0 Å². The van der Waals surface area contributed by atoms with E-state index in [1.807, 2.05) is 32.9 Å². The number of H-pyrrole nitrogens is 1. The van der Waals surface area contributed by atoms with E-state index in [0.29, 0.717) is 101 Å². The van der Waals surface area contributed by atoms with Crippen molar-refractivity contribution in [3.63, 3.8) is 0 Å². The molecule has 0 amide bonds. The molecule has 0 saturated heterocycles. The van der Waals surface area contributed by atoms with Crippen molar-refractivity contribution in [1.82, 2.24) is 48.8 Å². The van der Waals surface area contributed by atoms with Gasteiger partial charge in [-0.1, -0.05) is 54.9 Å². The molecule has 23 nitrogen and oxygen atoms in total. The van der Waals surface area contributed by atoms with Crippen LogP contribution in [0.2, 0.25) is 0 Å². The molecule has 4 fully saturated rings. The summed E-state index contributed by atoms with van der Waals surface area (Å²) in [5.41, 5.74) is 8.97. The molecular formula is C66H88N14O9S4. The molecule has 93 heavy (non-hydrogen) atoms. The van der Waals surface area contributed by atoms with Gasteiger partial charge in [0, 0.05) is 60.1 Å². The van der Waals surface area contributed by atoms with Crippen molar-refractivity contribution >= 4 is 71.3 Å². The third-order valence-corrected chi connectivity index (χ3v) is 25.3. The molecule has 14 rings (SSSR count). The monoisotopic (exact) mass is 1350 g/mol. The molecule has 0 spiro atoms. The molecule has 4 saturated carbocycles. The zero-order valence-corrected chi connectivity index (χ0v) is 58.2. The van der Waals surface area contributed by atoms with Crippen molar-refractivity contribution in [1.29, 1.82) is 0 Å². The number of fused-ring (bicyclic) bond motifs is 7. The van der Waals surface area contributed by atoms with Gasteiger partial charge in [-0.2, -0.15) is 0 Å². The average molecular weight is 1350 g/mol. The number of nitrogens with one attached hydrogen (secondary N) is 5. The first-order valence-electron chi connectivity index (χ1n) is 31.9. The highest BCUT2D eigenvalue weighted by Gasteiger charge is 2.56. The number of aryl methyl sites for hydroxylation is 2. The predicted octanol–water partition coefficient (Wildman–Crippen LogP) is 8.46. The van der Waals surface area contributed by atoms with Gasteiger partial charge in [-0.25, -0.2) is 57.5 Å². The summed E-state index contributed by atoms with van der Waals surface area (Å²) < 4.78 is 112. The number of rotatable bonds is 14. The topological polar surface area (TPSA) is 335 Å².